The third-order valence-corrected chi connectivity index (χ3v) is 14.5. The molecule has 3 unspecified atom stereocenters. The smallest absolute Gasteiger partial charge is 0.407 e. The molecule has 16 nitrogen and oxygen atoms in total. The fraction of sp³-hybridized carbons (Fsp3) is 0.314. The van der Waals surface area contributed by atoms with Gasteiger partial charge in [-0.15, -0.1) is 0 Å². The van der Waals surface area contributed by atoms with Crippen LogP contribution in [-0.4, -0.2) is 103 Å². The first-order valence-corrected chi connectivity index (χ1v) is 29.2. The molecule has 3 N–H and O–H groups in total. The minimum atomic E-state index is -1.07. The lowest BCUT2D eigenvalue weighted by atomic mass is 9.84. The number of aliphatic hydroxyl groups is 1. The van der Waals surface area contributed by atoms with E-state index in [2.05, 4.69) is 89.7 Å². The van der Waals surface area contributed by atoms with Gasteiger partial charge in [0.15, 0.2) is 0 Å². The third-order valence-electron chi connectivity index (χ3n) is 14.5. The van der Waals surface area contributed by atoms with Gasteiger partial charge in [-0.3, -0.25) is 9.59 Å². The first-order valence-electron chi connectivity index (χ1n) is 29.2. The van der Waals surface area contributed by atoms with Crippen LogP contribution in [0.15, 0.2) is 207 Å². The molecule has 0 saturated carbocycles. The first-order chi connectivity index (χ1) is 41.4. The van der Waals surface area contributed by atoms with E-state index >= 15 is 0 Å². The summed E-state index contributed by atoms with van der Waals surface area (Å²) in [6.45, 7) is 18.4. The topological polar surface area (TPSA) is 182 Å². The second-order valence-corrected chi connectivity index (χ2v) is 23.5. The Hall–Kier alpha value is -9.12. The molecule has 2 aromatic heterocycles. The molecule has 3 heterocycles. The van der Waals surface area contributed by atoms with Crippen molar-refractivity contribution in [1.82, 2.24) is 39.5 Å². The van der Waals surface area contributed by atoms with Crippen LogP contribution in [0.25, 0.3) is 22.5 Å². The second kappa shape index (κ2) is 30.1. The average Bonchev–Trinajstić information content (AvgIpc) is 1.74. The molecule has 0 radical (unpaired) electrons. The van der Waals surface area contributed by atoms with Crippen LogP contribution in [0, 0.1) is 10.8 Å². The maximum absolute atomic E-state index is 13.7. The lowest BCUT2D eigenvalue weighted by molar-refractivity contribution is -0.136. The Balaban J connectivity index is 0.000000223. The van der Waals surface area contributed by atoms with E-state index in [1.807, 2.05) is 177 Å². The lowest BCUT2D eigenvalue weighted by Crippen LogP contribution is -2.47. The Kier molecular flexibility index (Phi) is 22.0. The van der Waals surface area contributed by atoms with Crippen LogP contribution in [0.5, 0.6) is 0 Å². The van der Waals surface area contributed by atoms with Crippen molar-refractivity contribution in [2.75, 3.05) is 32.8 Å². The largest absolute Gasteiger partial charge is 0.445 e. The molecule has 1 aliphatic heterocycles. The van der Waals surface area contributed by atoms with Crippen LogP contribution in [0.4, 0.5) is 9.59 Å². The van der Waals surface area contributed by atoms with Gasteiger partial charge in [0.05, 0.1) is 48.7 Å². The zero-order valence-electron chi connectivity index (χ0n) is 50.1. The molecular weight excluding hydrogens is 1080 g/mol. The monoisotopic (exact) mass is 1160 g/mol. The summed E-state index contributed by atoms with van der Waals surface area (Å²) >= 11 is 0. The number of aliphatic hydroxyl groups excluding tert-OH is 1. The fourth-order valence-corrected chi connectivity index (χ4v) is 10.5. The molecule has 448 valence electrons. The summed E-state index contributed by atoms with van der Waals surface area (Å²) in [5, 5.41) is 16.5. The maximum Gasteiger partial charge on any atom is 0.407 e. The second-order valence-electron chi connectivity index (χ2n) is 23.5. The van der Waals surface area contributed by atoms with Crippen molar-refractivity contribution in [3.8, 4) is 22.5 Å². The van der Waals surface area contributed by atoms with Crippen LogP contribution in [0.1, 0.15) is 93.9 Å². The fourth-order valence-electron chi connectivity index (χ4n) is 10.5. The third kappa shape index (κ3) is 18.0. The Morgan fingerprint density at radius 2 is 1.07 bits per heavy atom. The number of amides is 4. The molecule has 0 spiro atoms. The number of carbonyl (C=O) groups excluding carboxylic acids is 4. The van der Waals surface area contributed by atoms with E-state index in [0.29, 0.717) is 25.5 Å². The molecule has 86 heavy (non-hydrogen) atoms. The molecule has 16 heteroatoms. The first kappa shape index (κ1) is 62.9. The number of imidazole rings is 2. The SMILES string of the molecule is C=CC(=O)N(CC(O)CNC(=O)OCc1ccccc1)[C@@H](c1nc(-c2ccccc2)cn1Cc1ccccc1)C(C)(C)C.CC(C)(C)C(c1nc(-c2ccccc2)cn1Cc1ccccc1)N1CC(CNC(=O)OCc2ccccc2)OCCC1=O. The number of rotatable bonds is 21. The number of hydrogen-bond acceptors (Lipinski definition) is 10. The van der Waals surface area contributed by atoms with E-state index in [0.717, 1.165) is 50.6 Å². The van der Waals surface area contributed by atoms with Crippen molar-refractivity contribution in [3.05, 3.63) is 241 Å². The highest BCUT2D eigenvalue weighted by atomic mass is 16.6. The van der Waals surface area contributed by atoms with Crippen molar-refractivity contribution >= 4 is 24.0 Å². The standard InChI is InChI=1S/2C35H40N4O4/c1-35(2,3)32(33-37-30(28-17-11-6-12-18-28)24-38(33)22-26-13-7-4-8-14-26)39-23-29(42-20-19-31(39)40)21-36-34(41)43-25-27-15-9-5-10-16-27;1-5-31(41)39(23-29(40)21-36-34(42)43-25-27-17-11-7-12-18-27)32(35(2,3)4)33-37-30(28-19-13-8-14-20-28)24-38(33)22-26-15-9-6-10-16-26/h4-18,24,29,32H,19-23,25H2,1-3H3,(H,36,41);5-20,24,29,32,40H,1,21-23,25H2,2-4H3,(H,36,42)/t;29?,32-/m.0/s1. The van der Waals surface area contributed by atoms with Crippen LogP contribution in [-0.2, 0) is 50.1 Å². The highest BCUT2D eigenvalue weighted by Crippen LogP contribution is 2.41. The molecule has 1 saturated heterocycles. The summed E-state index contributed by atoms with van der Waals surface area (Å²) in [6.07, 6.45) is 2.96. The predicted molar refractivity (Wildman–Crippen MR) is 334 cm³/mol. The molecule has 8 aromatic rings. The molecule has 0 aliphatic carbocycles. The van der Waals surface area contributed by atoms with Gasteiger partial charge in [-0.05, 0) is 39.2 Å². The van der Waals surface area contributed by atoms with Gasteiger partial charge in [-0.1, -0.05) is 230 Å². The van der Waals surface area contributed by atoms with E-state index in [-0.39, 0.29) is 69.1 Å². The highest BCUT2D eigenvalue weighted by molar-refractivity contribution is 5.87. The van der Waals surface area contributed by atoms with Crippen LogP contribution < -0.4 is 10.6 Å². The minimum Gasteiger partial charge on any atom is -0.445 e. The van der Waals surface area contributed by atoms with Crippen molar-refractivity contribution in [1.29, 1.82) is 0 Å². The Labute approximate surface area is 505 Å². The Bertz CT molecular complexity index is 3420. The van der Waals surface area contributed by atoms with Gasteiger partial charge in [-0.25, -0.2) is 19.6 Å². The van der Waals surface area contributed by atoms with Crippen LogP contribution in [0.3, 0.4) is 0 Å². The summed E-state index contributed by atoms with van der Waals surface area (Å²) in [6, 6.07) is 58.3. The summed E-state index contributed by atoms with van der Waals surface area (Å²) in [7, 11) is 0. The summed E-state index contributed by atoms with van der Waals surface area (Å²) in [4.78, 5) is 65.6. The molecular formula is C70H80N8O8. The number of carbonyl (C=O) groups is 4. The number of benzene rings is 6. The molecule has 4 atom stereocenters. The van der Waals surface area contributed by atoms with Gasteiger partial charge < -0.3 is 48.9 Å². The quantitative estimate of drug-likeness (QED) is 0.0586. The van der Waals surface area contributed by atoms with Gasteiger partial charge in [0, 0.05) is 62.8 Å². The normalized spacial score (nSPS) is 14.5. The molecule has 0 bridgehead atoms. The van der Waals surface area contributed by atoms with Gasteiger partial charge in [0.2, 0.25) is 11.8 Å². The van der Waals surface area contributed by atoms with Gasteiger partial charge in [0.1, 0.15) is 24.9 Å². The number of aromatic nitrogens is 4. The Morgan fingerprint density at radius 3 is 1.52 bits per heavy atom. The summed E-state index contributed by atoms with van der Waals surface area (Å²) < 4.78 is 21.0. The lowest BCUT2D eigenvalue weighted by Gasteiger charge is -2.40. The number of ether oxygens (including phenoxy) is 3. The van der Waals surface area contributed by atoms with Gasteiger partial charge >= 0.3 is 12.2 Å². The zero-order valence-corrected chi connectivity index (χ0v) is 50.1. The van der Waals surface area contributed by atoms with Crippen LogP contribution in [0.2, 0.25) is 0 Å². The molecule has 6 aromatic carbocycles. The summed E-state index contributed by atoms with van der Waals surface area (Å²) in [5.74, 6) is 1.16. The van der Waals surface area contributed by atoms with E-state index in [1.54, 1.807) is 4.90 Å². The highest BCUT2D eigenvalue weighted by Gasteiger charge is 2.41. The van der Waals surface area contributed by atoms with Crippen molar-refractivity contribution in [2.45, 2.75) is 98.6 Å². The Morgan fingerprint density at radius 1 is 0.640 bits per heavy atom. The van der Waals surface area contributed by atoms with E-state index in [9.17, 15) is 24.3 Å². The van der Waals surface area contributed by atoms with Crippen LogP contribution >= 0.6 is 0 Å². The predicted octanol–water partition coefficient (Wildman–Crippen LogP) is 12.2. The minimum absolute atomic E-state index is 0.00426. The number of nitrogens with one attached hydrogen (secondary N) is 2. The number of alkyl carbamates (subject to hydrolysis) is 2. The van der Waals surface area contributed by atoms with Crippen molar-refractivity contribution in [2.24, 2.45) is 10.8 Å². The van der Waals surface area contributed by atoms with Crippen molar-refractivity contribution < 1.29 is 38.5 Å². The van der Waals surface area contributed by atoms with Gasteiger partial charge in [-0.2, -0.15) is 0 Å². The average molecular weight is 1160 g/mol. The van der Waals surface area contributed by atoms with E-state index in [4.69, 9.17) is 24.2 Å². The van der Waals surface area contributed by atoms with E-state index < -0.39 is 35.9 Å². The molecule has 1 aliphatic rings. The zero-order chi connectivity index (χ0) is 61.1. The van der Waals surface area contributed by atoms with E-state index in [1.165, 1.54) is 6.08 Å². The number of hydrogen-bond donors (Lipinski definition) is 3. The molecule has 9 rings (SSSR count). The van der Waals surface area contributed by atoms with Crippen molar-refractivity contribution in [3.63, 3.8) is 0 Å². The molecule has 1 fully saturated rings. The maximum atomic E-state index is 13.7. The summed E-state index contributed by atoms with van der Waals surface area (Å²) in [5.41, 5.74) is 6.81. The number of nitrogens with zero attached hydrogens (tertiary/aromatic N) is 6. The molecule has 4 amide bonds. The van der Waals surface area contributed by atoms with Gasteiger partial charge in [0.25, 0.3) is 0 Å².